The van der Waals surface area contributed by atoms with Gasteiger partial charge in [0.05, 0.1) is 18.1 Å². The minimum atomic E-state index is -4.13. The fraction of sp³-hybridized carbons (Fsp3) is 0.650. The topological polar surface area (TPSA) is 161 Å². The van der Waals surface area contributed by atoms with Crippen molar-refractivity contribution in [3.05, 3.63) is 29.8 Å². The number of hydrogen-bond acceptors (Lipinski definition) is 10. The van der Waals surface area contributed by atoms with Gasteiger partial charge in [0.15, 0.2) is 6.29 Å². The number of carbonyl (C=O) groups excluding carboxylic acids is 1. The first kappa shape index (κ1) is 26.5. The number of aliphatic hydroxyl groups excluding tert-OH is 3. The fourth-order valence-corrected chi connectivity index (χ4v) is 3.68. The molecule has 1 aromatic carbocycles. The van der Waals surface area contributed by atoms with E-state index in [0.29, 0.717) is 0 Å². The molecule has 2 rings (SSSR count). The molecule has 11 nitrogen and oxygen atoms in total. The van der Waals surface area contributed by atoms with Crippen LogP contribution in [-0.4, -0.2) is 85.9 Å². The van der Waals surface area contributed by atoms with Crippen LogP contribution in [0.15, 0.2) is 29.2 Å². The first-order valence-electron chi connectivity index (χ1n) is 10.0. The summed E-state index contributed by atoms with van der Waals surface area (Å²) in [6, 6.07) is 5.98. The van der Waals surface area contributed by atoms with Crippen molar-refractivity contribution >= 4 is 16.2 Å². The fourth-order valence-electron chi connectivity index (χ4n) is 2.76. The van der Waals surface area contributed by atoms with Crippen LogP contribution in [0.4, 0.5) is 4.79 Å². The van der Waals surface area contributed by atoms with Gasteiger partial charge in [-0.3, -0.25) is 4.18 Å². The van der Waals surface area contributed by atoms with Crippen molar-refractivity contribution in [2.45, 2.75) is 68.9 Å². The number of hydrogen-bond donors (Lipinski definition) is 4. The van der Waals surface area contributed by atoms with Crippen LogP contribution in [0.25, 0.3) is 0 Å². The number of alkyl carbamates (subject to hydrolysis) is 1. The summed E-state index contributed by atoms with van der Waals surface area (Å²) in [5.41, 5.74) is 0.202. The van der Waals surface area contributed by atoms with Crippen LogP contribution in [0, 0.1) is 6.92 Å². The number of aryl methyl sites for hydroxylation is 1. The van der Waals surface area contributed by atoms with Crippen LogP contribution >= 0.6 is 0 Å². The number of nitrogens with one attached hydrogen (secondary N) is 1. The van der Waals surface area contributed by atoms with E-state index in [1.54, 1.807) is 39.8 Å². The van der Waals surface area contributed by atoms with Gasteiger partial charge in [-0.2, -0.15) is 8.42 Å². The van der Waals surface area contributed by atoms with Crippen molar-refractivity contribution in [3.63, 3.8) is 0 Å². The van der Waals surface area contributed by atoms with Crippen molar-refractivity contribution in [2.75, 3.05) is 19.8 Å². The van der Waals surface area contributed by atoms with E-state index in [-0.39, 0.29) is 18.0 Å². The van der Waals surface area contributed by atoms with Gasteiger partial charge in [-0.25, -0.2) is 4.79 Å². The smallest absolute Gasteiger partial charge is 0.407 e. The molecular weight excluding hydrogens is 446 g/mol. The molecule has 32 heavy (non-hydrogen) atoms. The van der Waals surface area contributed by atoms with Crippen LogP contribution in [-0.2, 0) is 28.5 Å². The molecule has 4 N–H and O–H groups in total. The lowest BCUT2D eigenvalue weighted by atomic mass is 9.99. The van der Waals surface area contributed by atoms with Crippen molar-refractivity contribution in [1.82, 2.24) is 5.32 Å². The average molecular weight is 478 g/mol. The molecule has 0 unspecified atom stereocenters. The molecule has 0 radical (unpaired) electrons. The number of ether oxygens (including phenoxy) is 3. The summed E-state index contributed by atoms with van der Waals surface area (Å²) in [7, 11) is -4.13. The Kier molecular flexibility index (Phi) is 8.99. The van der Waals surface area contributed by atoms with Crippen LogP contribution < -0.4 is 5.32 Å². The Hall–Kier alpha value is -1.80. The predicted molar refractivity (Wildman–Crippen MR) is 111 cm³/mol. The Morgan fingerprint density at radius 2 is 1.72 bits per heavy atom. The predicted octanol–water partition coefficient (Wildman–Crippen LogP) is 0.0492. The molecule has 1 saturated heterocycles. The molecule has 1 aromatic rings. The van der Waals surface area contributed by atoms with Gasteiger partial charge in [0.25, 0.3) is 10.1 Å². The SMILES string of the molecule is Cc1ccc(S(=O)(=O)OC[C@H]2O[C@@H](OCCNC(=O)OC(C)(C)C)[C@H](O)[C@@H](O)[C@@H]2O)cc1. The third-order valence-electron chi connectivity index (χ3n) is 4.42. The zero-order valence-electron chi connectivity index (χ0n) is 18.4. The summed E-state index contributed by atoms with van der Waals surface area (Å²) < 4.78 is 45.5. The second-order valence-electron chi connectivity index (χ2n) is 8.37. The number of carbonyl (C=O) groups is 1. The van der Waals surface area contributed by atoms with E-state index >= 15 is 0 Å². The van der Waals surface area contributed by atoms with Crippen LogP contribution in [0.1, 0.15) is 26.3 Å². The van der Waals surface area contributed by atoms with E-state index in [4.69, 9.17) is 18.4 Å². The Labute approximate surface area is 187 Å². The maximum Gasteiger partial charge on any atom is 0.407 e. The summed E-state index contributed by atoms with van der Waals surface area (Å²) in [6.07, 6.45) is -8.21. The normalized spacial score (nSPS) is 26.5. The standard InChI is InChI=1S/C20H31NO10S/c1-12-5-7-13(8-6-12)32(26,27)29-11-14-15(22)16(23)17(24)18(30-14)28-10-9-21-19(25)31-20(2,3)4/h5-8,14-18,22-24H,9-11H2,1-4H3,(H,21,25)/t14-,15-,16+,17-,18-/m1/s1. The van der Waals surface area contributed by atoms with E-state index in [1.807, 2.05) is 0 Å². The van der Waals surface area contributed by atoms with Gasteiger partial charge in [-0.1, -0.05) is 17.7 Å². The average Bonchev–Trinajstić information content (AvgIpc) is 2.69. The molecule has 12 heteroatoms. The van der Waals surface area contributed by atoms with Crippen molar-refractivity contribution < 1.29 is 46.9 Å². The Balaban J connectivity index is 1.89. The van der Waals surface area contributed by atoms with Gasteiger partial charge in [0.1, 0.15) is 30.0 Å². The van der Waals surface area contributed by atoms with Gasteiger partial charge in [-0.15, -0.1) is 0 Å². The first-order valence-corrected chi connectivity index (χ1v) is 11.5. The van der Waals surface area contributed by atoms with E-state index in [0.717, 1.165) is 5.56 Å². The molecule has 1 aliphatic rings. The molecular formula is C20H31NO10S. The Morgan fingerprint density at radius 1 is 1.09 bits per heavy atom. The van der Waals surface area contributed by atoms with E-state index in [2.05, 4.69) is 5.32 Å². The monoisotopic (exact) mass is 477 g/mol. The molecule has 1 fully saturated rings. The number of rotatable bonds is 8. The molecule has 182 valence electrons. The third kappa shape index (κ3) is 7.66. The second-order valence-corrected chi connectivity index (χ2v) is 9.98. The first-order chi connectivity index (χ1) is 14.8. The molecule has 1 aliphatic heterocycles. The van der Waals surface area contributed by atoms with Crippen molar-refractivity contribution in [3.8, 4) is 0 Å². The van der Waals surface area contributed by atoms with Crippen LogP contribution in [0.3, 0.4) is 0 Å². The van der Waals surface area contributed by atoms with Gasteiger partial charge in [0.2, 0.25) is 0 Å². The molecule has 0 aliphatic carbocycles. The lowest BCUT2D eigenvalue weighted by Gasteiger charge is -2.40. The number of aliphatic hydroxyl groups is 3. The van der Waals surface area contributed by atoms with E-state index < -0.39 is 59.1 Å². The Morgan fingerprint density at radius 3 is 2.31 bits per heavy atom. The van der Waals surface area contributed by atoms with Crippen LogP contribution in [0.5, 0.6) is 0 Å². The highest BCUT2D eigenvalue weighted by molar-refractivity contribution is 7.86. The summed E-state index contributed by atoms with van der Waals surface area (Å²) in [6.45, 7) is 6.23. The molecule has 0 bridgehead atoms. The zero-order valence-corrected chi connectivity index (χ0v) is 19.2. The van der Waals surface area contributed by atoms with Gasteiger partial charge >= 0.3 is 6.09 Å². The third-order valence-corrected chi connectivity index (χ3v) is 5.71. The summed E-state index contributed by atoms with van der Waals surface area (Å²) in [4.78, 5) is 11.5. The van der Waals surface area contributed by atoms with Crippen molar-refractivity contribution in [1.29, 1.82) is 0 Å². The van der Waals surface area contributed by atoms with E-state index in [1.165, 1.54) is 12.1 Å². The highest BCUT2D eigenvalue weighted by Crippen LogP contribution is 2.24. The van der Waals surface area contributed by atoms with Gasteiger partial charge in [0, 0.05) is 6.54 Å². The summed E-state index contributed by atoms with van der Waals surface area (Å²) in [5.74, 6) is 0. The highest BCUT2D eigenvalue weighted by atomic mass is 32.2. The lowest BCUT2D eigenvalue weighted by molar-refractivity contribution is -0.299. The number of benzene rings is 1. The summed E-state index contributed by atoms with van der Waals surface area (Å²) >= 11 is 0. The molecule has 1 heterocycles. The van der Waals surface area contributed by atoms with Gasteiger partial charge < -0.3 is 34.8 Å². The van der Waals surface area contributed by atoms with Crippen molar-refractivity contribution in [2.24, 2.45) is 0 Å². The van der Waals surface area contributed by atoms with Gasteiger partial charge in [-0.05, 0) is 39.8 Å². The largest absolute Gasteiger partial charge is 0.444 e. The minimum Gasteiger partial charge on any atom is -0.444 e. The van der Waals surface area contributed by atoms with E-state index in [9.17, 15) is 28.5 Å². The summed E-state index contributed by atoms with van der Waals surface area (Å²) in [5, 5.41) is 32.8. The second kappa shape index (κ2) is 10.9. The molecule has 5 atom stereocenters. The highest BCUT2D eigenvalue weighted by Gasteiger charge is 2.44. The Bertz CT molecular complexity index is 852. The number of amides is 1. The molecule has 0 aromatic heterocycles. The maximum absolute atomic E-state index is 12.3. The minimum absolute atomic E-state index is 0.0170. The maximum atomic E-state index is 12.3. The molecule has 0 spiro atoms. The zero-order chi connectivity index (χ0) is 24.1. The quantitative estimate of drug-likeness (QED) is 0.297. The molecule has 1 amide bonds. The molecule has 0 saturated carbocycles. The lowest BCUT2D eigenvalue weighted by Crippen LogP contribution is -2.59. The van der Waals surface area contributed by atoms with Crippen LogP contribution in [0.2, 0.25) is 0 Å².